The van der Waals surface area contributed by atoms with E-state index in [4.69, 9.17) is 25.8 Å². The van der Waals surface area contributed by atoms with Crippen molar-refractivity contribution in [3.63, 3.8) is 0 Å². The second-order valence-electron chi connectivity index (χ2n) is 16.2. The fourth-order valence-corrected chi connectivity index (χ4v) is 9.67. The molecule has 274 valence electrons. The summed E-state index contributed by atoms with van der Waals surface area (Å²) in [6, 6.07) is 14.2. The Kier molecular flexibility index (Phi) is 10.2. The van der Waals surface area contributed by atoms with Crippen molar-refractivity contribution in [3.05, 3.63) is 76.1 Å². The number of ether oxygens (including phenoxy) is 3. The van der Waals surface area contributed by atoms with Gasteiger partial charge in [0.05, 0.1) is 19.8 Å². The molecule has 0 bridgehead atoms. The van der Waals surface area contributed by atoms with Crippen LogP contribution in [0.2, 0.25) is 5.02 Å². The normalized spacial score (nSPS) is 28.0. The highest BCUT2D eigenvalue weighted by Gasteiger charge is 2.54. The first kappa shape index (κ1) is 35.9. The zero-order chi connectivity index (χ0) is 35.9. The molecule has 0 amide bonds. The van der Waals surface area contributed by atoms with Crippen LogP contribution in [0.15, 0.2) is 48.7 Å². The Morgan fingerprint density at radius 1 is 1.10 bits per heavy atom. The summed E-state index contributed by atoms with van der Waals surface area (Å²) in [5.74, 6) is 3.15. The Hall–Kier alpha value is -3.49. The second kappa shape index (κ2) is 14.5. The molecule has 3 aromatic rings. The van der Waals surface area contributed by atoms with E-state index in [-0.39, 0.29) is 11.3 Å². The molecule has 2 N–H and O–H groups in total. The molecular formula is C42H54ClN3O5. The number of aryl methyl sites for hydroxylation is 1. The van der Waals surface area contributed by atoms with Crippen molar-refractivity contribution in [1.82, 2.24) is 9.88 Å². The van der Waals surface area contributed by atoms with Gasteiger partial charge in [-0.1, -0.05) is 31.5 Å². The molecule has 7 rings (SSSR count). The lowest BCUT2D eigenvalue weighted by molar-refractivity contribution is -0.144. The van der Waals surface area contributed by atoms with Crippen molar-refractivity contribution >= 4 is 23.3 Å². The van der Waals surface area contributed by atoms with E-state index in [0.717, 1.165) is 55.0 Å². The number of aliphatic carboxylic acids is 1. The van der Waals surface area contributed by atoms with Crippen LogP contribution in [0.25, 0.3) is 0 Å². The van der Waals surface area contributed by atoms with Crippen molar-refractivity contribution in [3.8, 4) is 17.2 Å². The second-order valence-corrected chi connectivity index (χ2v) is 16.7. The van der Waals surface area contributed by atoms with E-state index in [1.807, 2.05) is 36.5 Å². The number of carbonyl (C=O) groups is 1. The van der Waals surface area contributed by atoms with Crippen molar-refractivity contribution in [2.75, 3.05) is 39.2 Å². The molecule has 4 aliphatic rings. The Morgan fingerprint density at radius 2 is 1.84 bits per heavy atom. The Bertz CT molecular complexity index is 1740. The fraction of sp³-hybridized carbons (Fsp3) is 0.571. The van der Waals surface area contributed by atoms with Crippen LogP contribution in [0, 0.1) is 17.8 Å². The average Bonchev–Trinajstić information content (AvgIpc) is 3.23. The van der Waals surface area contributed by atoms with E-state index in [2.05, 4.69) is 62.2 Å². The Balaban J connectivity index is 1.15. The maximum absolute atomic E-state index is 13.0. The first-order valence-corrected chi connectivity index (χ1v) is 19.3. The van der Waals surface area contributed by atoms with Crippen molar-refractivity contribution in [1.29, 1.82) is 0 Å². The van der Waals surface area contributed by atoms with Gasteiger partial charge in [0.1, 0.15) is 11.3 Å². The van der Waals surface area contributed by atoms with Crippen molar-refractivity contribution in [2.24, 2.45) is 17.8 Å². The molecule has 8 nitrogen and oxygen atoms in total. The summed E-state index contributed by atoms with van der Waals surface area (Å²) in [7, 11) is 4.19. The average molecular weight is 716 g/mol. The van der Waals surface area contributed by atoms with E-state index in [1.54, 1.807) is 0 Å². The molecule has 2 aromatic carbocycles. The van der Waals surface area contributed by atoms with Gasteiger partial charge >= 0.3 is 5.97 Å². The number of rotatable bonds is 10. The van der Waals surface area contributed by atoms with Crippen molar-refractivity contribution in [2.45, 2.75) is 101 Å². The molecule has 1 spiro atoms. The third-order valence-electron chi connectivity index (χ3n) is 12.8. The van der Waals surface area contributed by atoms with E-state index in [0.29, 0.717) is 61.5 Å². The lowest BCUT2D eigenvalue weighted by Crippen LogP contribution is -2.53. The summed E-state index contributed by atoms with van der Waals surface area (Å²) in [6.45, 7) is 8.65. The first-order chi connectivity index (χ1) is 24.5. The lowest BCUT2D eigenvalue weighted by atomic mass is 9.59. The molecule has 51 heavy (non-hydrogen) atoms. The number of aromatic nitrogens is 1. The van der Waals surface area contributed by atoms with Gasteiger partial charge in [-0.3, -0.25) is 4.98 Å². The summed E-state index contributed by atoms with van der Waals surface area (Å²) >= 11 is 6.30. The largest absolute Gasteiger partial charge is 0.493 e. The number of hydrogen-bond acceptors (Lipinski definition) is 7. The van der Waals surface area contributed by atoms with E-state index in [1.165, 1.54) is 35.2 Å². The summed E-state index contributed by atoms with van der Waals surface area (Å²) in [6.07, 6.45) is 9.70. The van der Waals surface area contributed by atoms with Gasteiger partial charge in [-0.15, -0.1) is 0 Å². The highest BCUT2D eigenvalue weighted by atomic mass is 35.5. The third-order valence-corrected chi connectivity index (χ3v) is 13.0. The van der Waals surface area contributed by atoms with Crippen LogP contribution in [0.4, 0.5) is 5.69 Å². The highest BCUT2D eigenvalue weighted by Crippen LogP contribution is 2.58. The zero-order valence-corrected chi connectivity index (χ0v) is 31.6. The molecule has 9 heteroatoms. The van der Waals surface area contributed by atoms with Gasteiger partial charge in [0.25, 0.3) is 0 Å². The van der Waals surface area contributed by atoms with Gasteiger partial charge < -0.3 is 29.5 Å². The smallest absolute Gasteiger partial charge is 0.329 e. The van der Waals surface area contributed by atoms with Gasteiger partial charge in [-0.25, -0.2) is 4.79 Å². The minimum Gasteiger partial charge on any atom is -0.493 e. The number of pyridine rings is 1. The summed E-state index contributed by atoms with van der Waals surface area (Å²) < 4.78 is 19.6. The number of nitrogens with zero attached hydrogens (tertiary/aromatic N) is 2. The van der Waals surface area contributed by atoms with Gasteiger partial charge in [-0.05, 0) is 150 Å². The van der Waals surface area contributed by atoms with E-state index in [9.17, 15) is 9.90 Å². The third kappa shape index (κ3) is 7.03. The molecule has 1 aliphatic heterocycles. The minimum absolute atomic E-state index is 0.177. The SMILES string of the molecule is CC(C1COc2cc3c(cc2OC1)C1(CCC(Nc2cccc(Cl)c2)(C(=O)O)CC1)C(C[C@@H](C)COc1ccnc2c1[C@H](C)CCC2)C3)N(C)C. The number of carboxylic acids is 1. The number of hydrogen-bond donors (Lipinski definition) is 2. The number of halogens is 1. The maximum Gasteiger partial charge on any atom is 0.329 e. The molecule has 0 saturated heterocycles. The molecule has 1 aromatic heterocycles. The molecule has 1 saturated carbocycles. The topological polar surface area (TPSA) is 93.2 Å². The molecule has 1 fully saturated rings. The lowest BCUT2D eigenvalue weighted by Gasteiger charge is -2.47. The van der Waals surface area contributed by atoms with Crippen LogP contribution in [0.5, 0.6) is 17.2 Å². The zero-order valence-electron chi connectivity index (χ0n) is 30.8. The van der Waals surface area contributed by atoms with E-state index < -0.39 is 11.5 Å². The van der Waals surface area contributed by atoms with Gasteiger partial charge in [0.15, 0.2) is 11.5 Å². The van der Waals surface area contributed by atoms with E-state index >= 15 is 0 Å². The number of fused-ring (bicyclic) bond motifs is 4. The number of carboxylic acid groups (broad SMARTS) is 1. The van der Waals surface area contributed by atoms with Crippen LogP contribution in [0.1, 0.15) is 94.0 Å². The monoisotopic (exact) mass is 715 g/mol. The molecule has 3 unspecified atom stereocenters. The molecular weight excluding hydrogens is 662 g/mol. The Labute approximate surface area is 308 Å². The highest BCUT2D eigenvalue weighted by molar-refractivity contribution is 6.30. The van der Waals surface area contributed by atoms with Crippen LogP contribution in [-0.4, -0.2) is 66.5 Å². The molecule has 5 atom stereocenters. The number of nitrogens with one attached hydrogen (secondary N) is 1. The minimum atomic E-state index is -1.07. The summed E-state index contributed by atoms with van der Waals surface area (Å²) in [4.78, 5) is 19.9. The standard InChI is InChI=1S/C42H54ClN3O5/c1-26(23-49-36-12-17-44-35-11-6-8-27(2)39(35)36)18-31-19-29-20-37-38(51-25-30(24-50-37)28(3)46(4)5)22-34(29)41(31)13-15-42(16-14-41,40(47)48)45-33-10-7-9-32(43)21-33/h7,9-10,12,17,20-22,26-28,30-31,45H,6,8,11,13-16,18-19,23-25H2,1-5H3,(H,47,48)/t26-,27-,28?,30?,31?,41?,42?/m1/s1. The van der Waals surface area contributed by atoms with Crippen LogP contribution in [0.3, 0.4) is 0 Å². The predicted molar refractivity (Wildman–Crippen MR) is 202 cm³/mol. The number of benzene rings is 2. The van der Waals surface area contributed by atoms with Crippen molar-refractivity contribution < 1.29 is 24.1 Å². The molecule has 3 aliphatic carbocycles. The van der Waals surface area contributed by atoms with Crippen LogP contribution in [-0.2, 0) is 23.1 Å². The predicted octanol–water partition coefficient (Wildman–Crippen LogP) is 8.54. The van der Waals surface area contributed by atoms with Crippen LogP contribution >= 0.6 is 11.6 Å². The molecule has 2 heterocycles. The quantitative estimate of drug-likeness (QED) is 0.216. The molecule has 0 radical (unpaired) electrons. The first-order valence-electron chi connectivity index (χ1n) is 18.9. The Morgan fingerprint density at radius 3 is 2.55 bits per heavy atom. The number of anilines is 1. The van der Waals surface area contributed by atoms with Gasteiger partial charge in [0.2, 0.25) is 0 Å². The summed E-state index contributed by atoms with van der Waals surface area (Å²) in [5, 5.41) is 14.7. The maximum atomic E-state index is 13.0. The van der Waals surface area contributed by atoms with Crippen LogP contribution < -0.4 is 19.5 Å². The van der Waals surface area contributed by atoms with Gasteiger partial charge in [-0.2, -0.15) is 0 Å². The fourth-order valence-electron chi connectivity index (χ4n) is 9.48. The summed E-state index contributed by atoms with van der Waals surface area (Å²) in [5.41, 5.74) is 4.57. The van der Waals surface area contributed by atoms with Gasteiger partial charge in [0, 0.05) is 40.1 Å².